The quantitative estimate of drug-likeness (QED) is 0.894. The lowest BCUT2D eigenvalue weighted by Gasteiger charge is -2.32. The number of aromatic nitrogens is 1. The number of amides is 2. The van der Waals surface area contributed by atoms with Gasteiger partial charge in [-0.1, -0.05) is 11.6 Å². The van der Waals surface area contributed by atoms with Crippen LogP contribution in [-0.4, -0.2) is 47.9 Å². The molecule has 1 aliphatic heterocycles. The van der Waals surface area contributed by atoms with E-state index in [0.29, 0.717) is 47.8 Å². The van der Waals surface area contributed by atoms with Crippen LogP contribution in [0.2, 0.25) is 5.02 Å². The Bertz CT molecular complexity index is 790. The van der Waals surface area contributed by atoms with E-state index in [0.717, 1.165) is 0 Å². The van der Waals surface area contributed by atoms with Crippen LogP contribution < -0.4 is 10.1 Å². The van der Waals surface area contributed by atoms with Crippen LogP contribution >= 0.6 is 11.6 Å². The van der Waals surface area contributed by atoms with Gasteiger partial charge in [-0.05, 0) is 43.2 Å². The lowest BCUT2D eigenvalue weighted by atomic mass is 10.0. The van der Waals surface area contributed by atoms with Gasteiger partial charge in [-0.3, -0.25) is 14.6 Å². The van der Waals surface area contributed by atoms with Gasteiger partial charge in [0, 0.05) is 42.1 Å². The monoisotopic (exact) mass is 373 g/mol. The molecule has 2 aromatic rings. The third-order valence-corrected chi connectivity index (χ3v) is 4.69. The molecule has 3 rings (SSSR count). The van der Waals surface area contributed by atoms with Crippen molar-refractivity contribution in [2.45, 2.75) is 18.9 Å². The van der Waals surface area contributed by atoms with Crippen LogP contribution in [0.4, 0.5) is 0 Å². The number of nitrogens with one attached hydrogen (secondary N) is 1. The van der Waals surface area contributed by atoms with Crippen molar-refractivity contribution >= 4 is 23.4 Å². The second kappa shape index (κ2) is 8.19. The highest BCUT2D eigenvalue weighted by Gasteiger charge is 2.25. The molecule has 0 aliphatic carbocycles. The standard InChI is InChI=1S/C19H20ClN3O3/c1-26-17-3-2-14(20)12-16(17)18(24)22-15-6-10-23(11-7-15)19(25)13-4-8-21-9-5-13/h2-5,8-9,12,15H,6-7,10-11H2,1H3,(H,22,24). The number of benzene rings is 1. The summed E-state index contributed by atoms with van der Waals surface area (Å²) in [7, 11) is 1.52. The summed E-state index contributed by atoms with van der Waals surface area (Å²) in [4.78, 5) is 30.7. The Morgan fingerprint density at radius 2 is 1.88 bits per heavy atom. The first kappa shape index (κ1) is 18.2. The number of piperidine rings is 1. The summed E-state index contributed by atoms with van der Waals surface area (Å²) in [6, 6.07) is 8.38. The van der Waals surface area contributed by atoms with Crippen LogP contribution in [-0.2, 0) is 0 Å². The fourth-order valence-corrected chi connectivity index (χ4v) is 3.20. The van der Waals surface area contributed by atoms with Crippen molar-refractivity contribution < 1.29 is 14.3 Å². The van der Waals surface area contributed by atoms with E-state index in [1.807, 2.05) is 0 Å². The molecule has 6 nitrogen and oxygen atoms in total. The van der Waals surface area contributed by atoms with E-state index >= 15 is 0 Å². The molecule has 2 heterocycles. The summed E-state index contributed by atoms with van der Waals surface area (Å²) in [6.45, 7) is 1.19. The second-order valence-corrected chi connectivity index (χ2v) is 6.56. The van der Waals surface area contributed by atoms with Gasteiger partial charge in [0.05, 0.1) is 12.7 Å². The normalized spacial score (nSPS) is 14.8. The Labute approximate surface area is 157 Å². The Hall–Kier alpha value is -2.60. The van der Waals surface area contributed by atoms with Crippen molar-refractivity contribution in [3.8, 4) is 5.75 Å². The van der Waals surface area contributed by atoms with Gasteiger partial charge in [-0.15, -0.1) is 0 Å². The number of ether oxygens (including phenoxy) is 1. The Morgan fingerprint density at radius 1 is 1.19 bits per heavy atom. The fraction of sp³-hybridized carbons (Fsp3) is 0.316. The van der Waals surface area contributed by atoms with Gasteiger partial charge < -0.3 is 15.0 Å². The van der Waals surface area contributed by atoms with E-state index in [9.17, 15) is 9.59 Å². The van der Waals surface area contributed by atoms with E-state index in [-0.39, 0.29) is 17.9 Å². The predicted octanol–water partition coefficient (Wildman–Crippen LogP) is 2.78. The average molecular weight is 374 g/mol. The van der Waals surface area contributed by atoms with Crippen LogP contribution in [0, 0.1) is 0 Å². The highest BCUT2D eigenvalue weighted by atomic mass is 35.5. The highest BCUT2D eigenvalue weighted by Crippen LogP contribution is 2.23. The first-order valence-electron chi connectivity index (χ1n) is 8.42. The maximum atomic E-state index is 12.5. The van der Waals surface area contributed by atoms with E-state index in [4.69, 9.17) is 16.3 Å². The Kier molecular flexibility index (Phi) is 5.73. The van der Waals surface area contributed by atoms with Gasteiger partial charge in [0.15, 0.2) is 0 Å². The lowest BCUT2D eigenvalue weighted by Crippen LogP contribution is -2.46. The summed E-state index contributed by atoms with van der Waals surface area (Å²) in [6.07, 6.45) is 4.62. The van der Waals surface area contributed by atoms with E-state index < -0.39 is 0 Å². The Balaban J connectivity index is 1.58. The molecule has 0 radical (unpaired) electrons. The minimum atomic E-state index is -0.219. The summed E-state index contributed by atoms with van der Waals surface area (Å²) >= 11 is 5.99. The number of hydrogen-bond acceptors (Lipinski definition) is 4. The first-order chi connectivity index (χ1) is 12.6. The molecule has 1 fully saturated rings. The van der Waals surface area contributed by atoms with Crippen LogP contribution in [0.5, 0.6) is 5.75 Å². The molecule has 1 saturated heterocycles. The molecule has 1 aromatic heterocycles. The number of carbonyl (C=O) groups is 2. The Morgan fingerprint density at radius 3 is 2.54 bits per heavy atom. The number of rotatable bonds is 4. The summed E-state index contributed by atoms with van der Waals surface area (Å²) < 4.78 is 5.23. The summed E-state index contributed by atoms with van der Waals surface area (Å²) in [5.74, 6) is 0.258. The molecule has 26 heavy (non-hydrogen) atoms. The molecular formula is C19H20ClN3O3. The van der Waals surface area contributed by atoms with Crippen molar-refractivity contribution in [3.63, 3.8) is 0 Å². The SMILES string of the molecule is COc1ccc(Cl)cc1C(=O)NC1CCN(C(=O)c2ccncc2)CC1. The average Bonchev–Trinajstić information content (AvgIpc) is 2.68. The maximum absolute atomic E-state index is 12.5. The molecule has 0 unspecified atom stereocenters. The van der Waals surface area contributed by atoms with Gasteiger partial charge in [0.25, 0.3) is 11.8 Å². The minimum Gasteiger partial charge on any atom is -0.496 e. The first-order valence-corrected chi connectivity index (χ1v) is 8.80. The zero-order valence-electron chi connectivity index (χ0n) is 14.4. The van der Waals surface area contributed by atoms with Gasteiger partial charge in [-0.25, -0.2) is 0 Å². The van der Waals surface area contributed by atoms with Gasteiger partial charge in [0.1, 0.15) is 5.75 Å². The number of pyridine rings is 1. The maximum Gasteiger partial charge on any atom is 0.255 e. The predicted molar refractivity (Wildman–Crippen MR) is 98.6 cm³/mol. The van der Waals surface area contributed by atoms with Crippen LogP contribution in [0.25, 0.3) is 0 Å². The van der Waals surface area contributed by atoms with Crippen molar-refractivity contribution in [1.29, 1.82) is 0 Å². The number of carbonyl (C=O) groups excluding carboxylic acids is 2. The van der Waals surface area contributed by atoms with E-state index in [1.54, 1.807) is 47.6 Å². The third kappa shape index (κ3) is 4.14. The van der Waals surface area contributed by atoms with Crippen molar-refractivity contribution in [1.82, 2.24) is 15.2 Å². The van der Waals surface area contributed by atoms with E-state index in [1.165, 1.54) is 7.11 Å². The summed E-state index contributed by atoms with van der Waals surface area (Å²) in [5, 5.41) is 3.49. The van der Waals surface area contributed by atoms with Gasteiger partial charge in [-0.2, -0.15) is 0 Å². The fourth-order valence-electron chi connectivity index (χ4n) is 3.02. The molecule has 1 aromatic carbocycles. The molecule has 136 valence electrons. The van der Waals surface area contributed by atoms with E-state index in [2.05, 4.69) is 10.3 Å². The molecule has 1 aliphatic rings. The number of halogens is 1. The third-order valence-electron chi connectivity index (χ3n) is 4.45. The molecule has 0 saturated carbocycles. The van der Waals surface area contributed by atoms with Gasteiger partial charge >= 0.3 is 0 Å². The molecule has 7 heteroatoms. The van der Waals surface area contributed by atoms with Crippen molar-refractivity contribution in [2.75, 3.05) is 20.2 Å². The van der Waals surface area contributed by atoms with Crippen LogP contribution in [0.1, 0.15) is 33.6 Å². The number of hydrogen-bond donors (Lipinski definition) is 1. The number of likely N-dealkylation sites (tertiary alicyclic amines) is 1. The number of nitrogens with zero attached hydrogens (tertiary/aromatic N) is 2. The molecule has 2 amide bonds. The molecule has 1 N–H and O–H groups in total. The number of methoxy groups -OCH3 is 1. The molecule has 0 bridgehead atoms. The van der Waals surface area contributed by atoms with Crippen molar-refractivity contribution in [3.05, 3.63) is 58.9 Å². The molecular weight excluding hydrogens is 354 g/mol. The minimum absolute atomic E-state index is 0.00585. The topological polar surface area (TPSA) is 71.5 Å². The second-order valence-electron chi connectivity index (χ2n) is 6.12. The zero-order chi connectivity index (χ0) is 18.5. The zero-order valence-corrected chi connectivity index (χ0v) is 15.2. The lowest BCUT2D eigenvalue weighted by molar-refractivity contribution is 0.0698. The molecule has 0 atom stereocenters. The molecule has 0 spiro atoms. The van der Waals surface area contributed by atoms with Crippen molar-refractivity contribution in [2.24, 2.45) is 0 Å². The highest BCUT2D eigenvalue weighted by molar-refractivity contribution is 6.31. The summed E-state index contributed by atoms with van der Waals surface area (Å²) in [5.41, 5.74) is 1.04. The van der Waals surface area contributed by atoms with Crippen LogP contribution in [0.15, 0.2) is 42.7 Å². The van der Waals surface area contributed by atoms with Crippen LogP contribution in [0.3, 0.4) is 0 Å². The largest absolute Gasteiger partial charge is 0.496 e. The smallest absolute Gasteiger partial charge is 0.255 e. The van der Waals surface area contributed by atoms with Gasteiger partial charge in [0.2, 0.25) is 0 Å².